The highest BCUT2D eigenvalue weighted by Crippen LogP contribution is 2.40. The van der Waals surface area contributed by atoms with Crippen LogP contribution in [0, 0.1) is 11.7 Å². The molecule has 2 nitrogen and oxygen atoms in total. The second-order valence-corrected chi connectivity index (χ2v) is 5.40. The Kier molecular flexibility index (Phi) is 3.06. The van der Waals surface area contributed by atoms with Crippen molar-refractivity contribution in [3.05, 3.63) is 35.6 Å². The van der Waals surface area contributed by atoms with Gasteiger partial charge in [-0.1, -0.05) is 12.1 Å². The summed E-state index contributed by atoms with van der Waals surface area (Å²) in [6.45, 7) is 0. The molecule has 1 saturated carbocycles. The number of esters is 1. The van der Waals surface area contributed by atoms with E-state index in [1.165, 1.54) is 17.7 Å². The highest BCUT2D eigenvalue weighted by molar-refractivity contribution is 5.75. The van der Waals surface area contributed by atoms with Crippen molar-refractivity contribution in [3.8, 4) is 0 Å². The molecule has 1 unspecified atom stereocenters. The van der Waals surface area contributed by atoms with E-state index in [-0.39, 0.29) is 17.9 Å². The minimum absolute atomic E-state index is 0.0549. The first-order chi connectivity index (χ1) is 8.72. The highest BCUT2D eigenvalue weighted by atomic mass is 19.1. The quantitative estimate of drug-likeness (QED) is 0.750. The van der Waals surface area contributed by atoms with Gasteiger partial charge in [-0.2, -0.15) is 0 Å². The van der Waals surface area contributed by atoms with E-state index in [0.717, 1.165) is 25.7 Å². The van der Waals surface area contributed by atoms with Gasteiger partial charge >= 0.3 is 5.97 Å². The van der Waals surface area contributed by atoms with Gasteiger partial charge in [0.1, 0.15) is 11.9 Å². The van der Waals surface area contributed by atoms with Gasteiger partial charge in [0.05, 0.1) is 6.42 Å². The zero-order valence-corrected chi connectivity index (χ0v) is 10.3. The Balaban J connectivity index is 1.56. The predicted molar refractivity (Wildman–Crippen MR) is 65.6 cm³/mol. The lowest BCUT2D eigenvalue weighted by Gasteiger charge is -2.37. The maximum Gasteiger partial charge on any atom is 0.309 e. The summed E-state index contributed by atoms with van der Waals surface area (Å²) in [5.74, 6) is 0.853. The van der Waals surface area contributed by atoms with Crippen molar-refractivity contribution in [1.29, 1.82) is 0 Å². The van der Waals surface area contributed by atoms with Gasteiger partial charge in [-0.15, -0.1) is 0 Å². The van der Waals surface area contributed by atoms with Crippen molar-refractivity contribution in [3.63, 3.8) is 0 Å². The molecule has 0 spiro atoms. The summed E-state index contributed by atoms with van der Waals surface area (Å²) < 4.78 is 18.0. The molecule has 1 aromatic carbocycles. The van der Waals surface area contributed by atoms with Gasteiger partial charge in [-0.3, -0.25) is 4.79 Å². The summed E-state index contributed by atoms with van der Waals surface area (Å²) in [7, 11) is 0. The van der Waals surface area contributed by atoms with Crippen LogP contribution in [0.2, 0.25) is 0 Å². The van der Waals surface area contributed by atoms with Gasteiger partial charge in [0, 0.05) is 0 Å². The van der Waals surface area contributed by atoms with Gasteiger partial charge in [0.15, 0.2) is 0 Å². The number of hydrogen-bond acceptors (Lipinski definition) is 2. The van der Waals surface area contributed by atoms with Gasteiger partial charge in [0.2, 0.25) is 0 Å². The van der Waals surface area contributed by atoms with Crippen LogP contribution < -0.4 is 0 Å². The van der Waals surface area contributed by atoms with Crippen molar-refractivity contribution in [1.82, 2.24) is 0 Å². The van der Waals surface area contributed by atoms with E-state index in [4.69, 9.17) is 4.74 Å². The zero-order chi connectivity index (χ0) is 12.5. The van der Waals surface area contributed by atoms with Crippen molar-refractivity contribution >= 4 is 5.97 Å². The molecule has 1 saturated heterocycles. The number of carbonyl (C=O) groups excluding carboxylic acids is 1. The second-order valence-electron chi connectivity index (χ2n) is 5.40. The lowest BCUT2D eigenvalue weighted by Crippen LogP contribution is -2.40. The summed E-state index contributed by atoms with van der Waals surface area (Å²) in [6.07, 6.45) is 5.23. The maximum atomic E-state index is 12.9. The maximum absolute atomic E-state index is 12.9. The number of hydrogen-bond donors (Lipinski definition) is 0. The molecule has 0 radical (unpaired) electrons. The van der Waals surface area contributed by atoms with Crippen molar-refractivity contribution in [2.45, 2.75) is 44.1 Å². The fourth-order valence-corrected chi connectivity index (χ4v) is 3.15. The smallest absolute Gasteiger partial charge is 0.309 e. The average Bonchev–Trinajstić information content (AvgIpc) is 2.36. The fraction of sp³-hybridized carbons (Fsp3) is 0.533. The Morgan fingerprint density at radius 1 is 1.06 bits per heavy atom. The van der Waals surface area contributed by atoms with Crippen LogP contribution in [0.15, 0.2) is 24.3 Å². The van der Waals surface area contributed by atoms with E-state index < -0.39 is 0 Å². The molecular weight excluding hydrogens is 231 g/mol. The first kappa shape index (κ1) is 11.7. The molecule has 1 aliphatic heterocycles. The van der Waals surface area contributed by atoms with Crippen LogP contribution in [0.25, 0.3) is 0 Å². The summed E-state index contributed by atoms with van der Waals surface area (Å²) in [6, 6.07) is 6.86. The monoisotopic (exact) mass is 248 g/mol. The normalized spacial score (nSPS) is 31.6. The largest absolute Gasteiger partial charge is 0.461 e. The summed E-state index contributed by atoms with van der Waals surface area (Å²) in [4.78, 5) is 10.8. The van der Waals surface area contributed by atoms with Gasteiger partial charge in [-0.05, 0) is 55.2 Å². The van der Waals surface area contributed by atoms with Crippen LogP contribution in [0.4, 0.5) is 4.39 Å². The molecule has 96 valence electrons. The SMILES string of the molecule is O=C1CC(C2CCC(c3ccc(F)cc3)CC2)O1. The molecule has 1 heterocycles. The predicted octanol–water partition coefficient (Wildman–Crippen LogP) is 3.42. The third-order valence-electron chi connectivity index (χ3n) is 4.29. The number of carbonyl (C=O) groups is 1. The minimum Gasteiger partial charge on any atom is -0.461 e. The molecule has 3 rings (SSSR count). The standard InChI is InChI=1S/C15H17FO2/c16-13-7-5-11(6-8-13)10-1-3-12(4-2-10)14-9-15(17)18-14/h5-8,10,12,14H,1-4,9H2. The van der Waals surface area contributed by atoms with E-state index >= 15 is 0 Å². The van der Waals surface area contributed by atoms with Crippen LogP contribution >= 0.6 is 0 Å². The first-order valence-electron chi connectivity index (χ1n) is 6.67. The molecule has 18 heavy (non-hydrogen) atoms. The molecule has 3 heteroatoms. The van der Waals surface area contributed by atoms with Crippen LogP contribution in [-0.2, 0) is 9.53 Å². The molecule has 1 atom stereocenters. The molecular formula is C15H17FO2. The molecule has 2 fully saturated rings. The summed E-state index contributed by atoms with van der Waals surface area (Å²) in [5, 5.41) is 0. The topological polar surface area (TPSA) is 26.3 Å². The molecule has 0 N–H and O–H groups in total. The van der Waals surface area contributed by atoms with Crippen molar-refractivity contribution in [2.75, 3.05) is 0 Å². The van der Waals surface area contributed by atoms with Gasteiger partial charge in [-0.25, -0.2) is 4.39 Å². The Morgan fingerprint density at radius 2 is 1.67 bits per heavy atom. The van der Waals surface area contributed by atoms with E-state index in [0.29, 0.717) is 18.3 Å². The number of halogens is 1. The van der Waals surface area contributed by atoms with Crippen molar-refractivity contribution in [2.24, 2.45) is 5.92 Å². The van der Waals surface area contributed by atoms with Crippen LogP contribution in [-0.4, -0.2) is 12.1 Å². The minimum atomic E-state index is -0.172. The molecule has 0 amide bonds. The summed E-state index contributed by atoms with van der Waals surface area (Å²) in [5.41, 5.74) is 1.24. The van der Waals surface area contributed by atoms with E-state index in [1.807, 2.05) is 12.1 Å². The van der Waals surface area contributed by atoms with Crippen LogP contribution in [0.3, 0.4) is 0 Å². The molecule has 0 bridgehead atoms. The number of cyclic esters (lactones) is 1. The van der Waals surface area contributed by atoms with Crippen molar-refractivity contribution < 1.29 is 13.9 Å². The number of ether oxygens (including phenoxy) is 1. The van der Waals surface area contributed by atoms with Crippen LogP contribution in [0.5, 0.6) is 0 Å². The molecule has 1 aromatic rings. The lowest BCUT2D eigenvalue weighted by molar-refractivity contribution is -0.176. The van der Waals surface area contributed by atoms with Gasteiger partial charge in [0.25, 0.3) is 0 Å². The fourth-order valence-electron chi connectivity index (χ4n) is 3.15. The third-order valence-corrected chi connectivity index (χ3v) is 4.29. The van der Waals surface area contributed by atoms with E-state index in [2.05, 4.69) is 0 Å². The molecule has 1 aliphatic carbocycles. The number of benzene rings is 1. The Morgan fingerprint density at radius 3 is 2.22 bits per heavy atom. The Hall–Kier alpha value is -1.38. The Bertz CT molecular complexity index is 424. The third kappa shape index (κ3) is 2.26. The zero-order valence-electron chi connectivity index (χ0n) is 10.3. The highest BCUT2D eigenvalue weighted by Gasteiger charge is 2.37. The van der Waals surface area contributed by atoms with E-state index in [1.54, 1.807) is 0 Å². The Labute approximate surface area is 106 Å². The van der Waals surface area contributed by atoms with Gasteiger partial charge < -0.3 is 4.74 Å². The summed E-state index contributed by atoms with van der Waals surface area (Å²) >= 11 is 0. The second kappa shape index (κ2) is 4.71. The molecule has 2 aliphatic rings. The lowest BCUT2D eigenvalue weighted by atomic mass is 9.75. The van der Waals surface area contributed by atoms with Crippen LogP contribution in [0.1, 0.15) is 43.6 Å². The van der Waals surface area contributed by atoms with E-state index in [9.17, 15) is 9.18 Å². The first-order valence-corrected chi connectivity index (χ1v) is 6.67. The number of rotatable bonds is 2. The average molecular weight is 248 g/mol. The molecule has 0 aromatic heterocycles.